The molecule has 24 heavy (non-hydrogen) atoms. The quantitative estimate of drug-likeness (QED) is 0.759. The van der Waals surface area contributed by atoms with E-state index in [0.29, 0.717) is 12.1 Å². The summed E-state index contributed by atoms with van der Waals surface area (Å²) in [5.41, 5.74) is 0.435. The first-order valence-corrected chi connectivity index (χ1v) is 9.49. The van der Waals surface area contributed by atoms with Crippen molar-refractivity contribution in [3.63, 3.8) is 0 Å². The third-order valence-electron chi connectivity index (χ3n) is 3.38. The number of nitrogens with zero attached hydrogens (tertiary/aromatic N) is 1. The summed E-state index contributed by atoms with van der Waals surface area (Å²) in [7, 11) is -2.44. The second-order valence-electron chi connectivity index (χ2n) is 5.20. The lowest BCUT2D eigenvalue weighted by molar-refractivity contribution is -0.121. The lowest BCUT2D eigenvalue weighted by Gasteiger charge is -2.17. The summed E-state index contributed by atoms with van der Waals surface area (Å²) in [6.45, 7) is 1.51. The molecular weight excluding hydrogens is 348 g/mol. The number of sulfonamides is 1. The normalized spacial score (nSPS) is 11.5. The molecule has 0 atom stereocenters. The number of likely N-dealkylation sites (N-methyl/N-ethyl adjacent to an activating group) is 1. The molecule has 0 aliphatic carbocycles. The minimum Gasteiger partial charge on any atom is -0.350 e. The zero-order chi connectivity index (χ0) is 17.7. The molecule has 0 saturated heterocycles. The number of rotatable bonds is 7. The lowest BCUT2D eigenvalue weighted by atomic mass is 10.2. The van der Waals surface area contributed by atoms with Crippen molar-refractivity contribution in [1.82, 2.24) is 9.62 Å². The fourth-order valence-electron chi connectivity index (χ4n) is 1.98. The van der Waals surface area contributed by atoms with Gasteiger partial charge in [-0.3, -0.25) is 9.59 Å². The SMILES string of the molecule is CC(=O)c1ccc(S(=O)(=O)N(C)CC(=O)NCc2cccs2)cc1. The number of Topliss-reactive ketones (excluding diaryl/α,β-unsaturated/α-hetero) is 1. The van der Waals surface area contributed by atoms with Crippen molar-refractivity contribution in [2.24, 2.45) is 0 Å². The maximum absolute atomic E-state index is 12.4. The van der Waals surface area contributed by atoms with Gasteiger partial charge in [-0.1, -0.05) is 18.2 Å². The number of carbonyl (C=O) groups is 2. The number of amides is 1. The molecule has 128 valence electrons. The van der Waals surface area contributed by atoms with E-state index in [1.165, 1.54) is 49.6 Å². The van der Waals surface area contributed by atoms with Gasteiger partial charge >= 0.3 is 0 Å². The first kappa shape index (κ1) is 18.3. The molecule has 1 amide bonds. The summed E-state index contributed by atoms with van der Waals surface area (Å²) in [6.07, 6.45) is 0. The molecule has 1 aromatic heterocycles. The number of carbonyl (C=O) groups excluding carboxylic acids is 2. The Bertz CT molecular complexity index is 812. The van der Waals surface area contributed by atoms with Gasteiger partial charge in [-0.25, -0.2) is 8.42 Å². The summed E-state index contributed by atoms with van der Waals surface area (Å²) >= 11 is 1.52. The molecule has 0 bridgehead atoms. The summed E-state index contributed by atoms with van der Waals surface area (Å²) in [5, 5.41) is 4.59. The summed E-state index contributed by atoms with van der Waals surface area (Å²) < 4.78 is 25.9. The van der Waals surface area contributed by atoms with Crippen LogP contribution < -0.4 is 5.32 Å². The predicted molar refractivity (Wildman–Crippen MR) is 92.4 cm³/mol. The average Bonchev–Trinajstić information content (AvgIpc) is 3.06. The van der Waals surface area contributed by atoms with Crippen LogP contribution in [0.4, 0.5) is 0 Å². The largest absolute Gasteiger partial charge is 0.350 e. The summed E-state index contributed by atoms with van der Waals surface area (Å²) in [6, 6.07) is 9.42. The van der Waals surface area contributed by atoms with Crippen molar-refractivity contribution >= 4 is 33.1 Å². The van der Waals surface area contributed by atoms with Crippen LogP contribution in [0.25, 0.3) is 0 Å². The van der Waals surface area contributed by atoms with Gasteiger partial charge in [-0.2, -0.15) is 4.31 Å². The zero-order valence-corrected chi connectivity index (χ0v) is 15.0. The number of hydrogen-bond donors (Lipinski definition) is 1. The van der Waals surface area contributed by atoms with E-state index in [0.717, 1.165) is 9.18 Å². The maximum atomic E-state index is 12.4. The second kappa shape index (κ2) is 7.69. The van der Waals surface area contributed by atoms with E-state index in [1.54, 1.807) is 0 Å². The van der Waals surface area contributed by atoms with Gasteiger partial charge in [-0.05, 0) is 30.5 Å². The van der Waals surface area contributed by atoms with Crippen molar-refractivity contribution < 1.29 is 18.0 Å². The Morgan fingerprint density at radius 2 is 1.83 bits per heavy atom. The molecule has 0 fully saturated rings. The van der Waals surface area contributed by atoms with Crippen molar-refractivity contribution in [2.45, 2.75) is 18.4 Å². The van der Waals surface area contributed by atoms with Crippen molar-refractivity contribution in [3.8, 4) is 0 Å². The van der Waals surface area contributed by atoms with Crippen molar-refractivity contribution in [2.75, 3.05) is 13.6 Å². The Morgan fingerprint density at radius 3 is 2.38 bits per heavy atom. The summed E-state index contributed by atoms with van der Waals surface area (Å²) in [4.78, 5) is 24.2. The van der Waals surface area contributed by atoms with Gasteiger partial charge in [0.1, 0.15) is 0 Å². The molecule has 0 spiro atoms. The Labute approximate surface area is 145 Å². The average molecular weight is 366 g/mol. The minimum absolute atomic E-state index is 0.0426. The van der Waals surface area contributed by atoms with Gasteiger partial charge in [-0.15, -0.1) is 11.3 Å². The third kappa shape index (κ3) is 4.50. The van der Waals surface area contributed by atoms with Gasteiger partial charge in [0, 0.05) is 17.5 Å². The molecule has 1 N–H and O–H groups in total. The van der Waals surface area contributed by atoms with E-state index < -0.39 is 10.0 Å². The Morgan fingerprint density at radius 1 is 1.17 bits per heavy atom. The smallest absolute Gasteiger partial charge is 0.243 e. The first-order valence-electron chi connectivity index (χ1n) is 7.17. The van der Waals surface area contributed by atoms with Gasteiger partial charge in [0.25, 0.3) is 0 Å². The number of benzene rings is 1. The number of hydrogen-bond acceptors (Lipinski definition) is 5. The van der Waals surface area contributed by atoms with Crippen molar-refractivity contribution in [1.29, 1.82) is 0 Å². The highest BCUT2D eigenvalue weighted by Gasteiger charge is 2.23. The van der Waals surface area contributed by atoms with E-state index in [4.69, 9.17) is 0 Å². The van der Waals surface area contributed by atoms with E-state index in [1.807, 2.05) is 17.5 Å². The first-order chi connectivity index (χ1) is 11.3. The molecule has 0 aliphatic heterocycles. The lowest BCUT2D eigenvalue weighted by Crippen LogP contribution is -2.38. The third-order valence-corrected chi connectivity index (χ3v) is 6.07. The molecule has 0 aliphatic rings. The highest BCUT2D eigenvalue weighted by molar-refractivity contribution is 7.89. The van der Waals surface area contributed by atoms with E-state index in [2.05, 4.69) is 5.32 Å². The van der Waals surface area contributed by atoms with Gasteiger partial charge in [0.15, 0.2) is 5.78 Å². The van der Waals surface area contributed by atoms with Crippen LogP contribution in [-0.2, 0) is 21.4 Å². The van der Waals surface area contributed by atoms with E-state index in [-0.39, 0.29) is 23.1 Å². The second-order valence-corrected chi connectivity index (χ2v) is 8.27. The molecule has 8 heteroatoms. The zero-order valence-electron chi connectivity index (χ0n) is 13.4. The van der Waals surface area contributed by atoms with Crippen LogP contribution in [0, 0.1) is 0 Å². The molecule has 1 heterocycles. The fourth-order valence-corrected chi connectivity index (χ4v) is 3.76. The van der Waals surface area contributed by atoms with Crippen LogP contribution in [0.3, 0.4) is 0 Å². The molecule has 0 radical (unpaired) electrons. The van der Waals surface area contributed by atoms with E-state index in [9.17, 15) is 18.0 Å². The van der Waals surface area contributed by atoms with Crippen LogP contribution in [0.2, 0.25) is 0 Å². The topological polar surface area (TPSA) is 83.6 Å². The monoisotopic (exact) mass is 366 g/mol. The Hall–Kier alpha value is -2.03. The van der Waals surface area contributed by atoms with E-state index >= 15 is 0 Å². The standard InChI is InChI=1S/C16H18N2O4S2/c1-12(19)13-5-7-15(8-6-13)24(21,22)18(2)11-16(20)17-10-14-4-3-9-23-14/h3-9H,10-11H2,1-2H3,(H,17,20). The summed E-state index contributed by atoms with van der Waals surface area (Å²) in [5.74, 6) is -0.518. The van der Waals surface area contributed by atoms with Crippen LogP contribution >= 0.6 is 11.3 Å². The highest BCUT2D eigenvalue weighted by Crippen LogP contribution is 2.15. The van der Waals surface area contributed by atoms with Crippen LogP contribution in [0.15, 0.2) is 46.7 Å². The number of ketones is 1. The molecule has 2 aromatic rings. The van der Waals surface area contributed by atoms with Gasteiger partial charge < -0.3 is 5.32 Å². The molecular formula is C16H18N2O4S2. The van der Waals surface area contributed by atoms with Crippen LogP contribution in [-0.4, -0.2) is 38.0 Å². The Kier molecular flexibility index (Phi) is 5.87. The van der Waals surface area contributed by atoms with Gasteiger partial charge in [0.2, 0.25) is 15.9 Å². The highest BCUT2D eigenvalue weighted by atomic mass is 32.2. The Balaban J connectivity index is 2.00. The number of nitrogens with one attached hydrogen (secondary N) is 1. The minimum atomic E-state index is -3.78. The van der Waals surface area contributed by atoms with Crippen molar-refractivity contribution in [3.05, 3.63) is 52.2 Å². The van der Waals surface area contributed by atoms with Gasteiger partial charge in [0.05, 0.1) is 18.0 Å². The molecule has 6 nitrogen and oxygen atoms in total. The maximum Gasteiger partial charge on any atom is 0.243 e. The fraction of sp³-hybridized carbons (Fsp3) is 0.250. The number of thiophene rings is 1. The molecule has 1 aromatic carbocycles. The van der Waals surface area contributed by atoms with Crippen LogP contribution in [0.5, 0.6) is 0 Å². The molecule has 0 unspecified atom stereocenters. The predicted octanol–water partition coefficient (Wildman–Crippen LogP) is 1.89. The molecule has 2 rings (SSSR count). The molecule has 0 saturated carbocycles. The van der Waals surface area contributed by atoms with Crippen LogP contribution in [0.1, 0.15) is 22.2 Å².